The zero-order chi connectivity index (χ0) is 18.8. The number of pyridine rings is 1. The van der Waals surface area contributed by atoms with E-state index in [1.54, 1.807) is 23.0 Å². The summed E-state index contributed by atoms with van der Waals surface area (Å²) >= 11 is 1.68. The van der Waals surface area contributed by atoms with Crippen LogP contribution in [0.1, 0.15) is 23.6 Å². The van der Waals surface area contributed by atoms with Gasteiger partial charge in [0, 0.05) is 36.6 Å². The van der Waals surface area contributed by atoms with Gasteiger partial charge in [-0.1, -0.05) is 0 Å². The van der Waals surface area contributed by atoms with Crippen LogP contribution in [0.3, 0.4) is 0 Å². The zero-order valence-electron chi connectivity index (χ0n) is 13.6. The predicted octanol–water partition coefficient (Wildman–Crippen LogP) is 3.89. The lowest BCUT2D eigenvalue weighted by Gasteiger charge is -2.18. The van der Waals surface area contributed by atoms with Gasteiger partial charge in [-0.3, -0.25) is 9.69 Å². The molecule has 0 bridgehead atoms. The molecule has 1 aliphatic rings. The van der Waals surface area contributed by atoms with Crippen LogP contribution in [0.25, 0.3) is 0 Å². The van der Waals surface area contributed by atoms with Crippen molar-refractivity contribution in [3.8, 4) is 5.75 Å². The highest BCUT2D eigenvalue weighted by Gasteiger charge is 2.36. The van der Waals surface area contributed by atoms with Crippen molar-refractivity contribution in [1.82, 2.24) is 4.98 Å². The van der Waals surface area contributed by atoms with Gasteiger partial charge in [0.15, 0.2) is 11.6 Å². The first-order chi connectivity index (χ1) is 12.4. The molecule has 0 spiro atoms. The molecule has 1 fully saturated rings. The Morgan fingerprint density at radius 1 is 1.23 bits per heavy atom. The van der Waals surface area contributed by atoms with Crippen LogP contribution >= 0.6 is 23.0 Å². The van der Waals surface area contributed by atoms with Crippen LogP contribution in [-0.2, 0) is 14.5 Å². The second kappa shape index (κ2) is 7.78. The molecule has 0 unspecified atom stereocenters. The second-order valence-electron chi connectivity index (χ2n) is 5.77. The van der Waals surface area contributed by atoms with E-state index in [9.17, 15) is 18.0 Å². The molecule has 0 saturated carbocycles. The molecule has 1 aromatic heterocycles. The Balaban J connectivity index is 1.92. The molecule has 26 heavy (non-hydrogen) atoms. The van der Waals surface area contributed by atoms with Crippen molar-refractivity contribution >= 4 is 34.7 Å². The Bertz CT molecular complexity index is 827. The lowest BCUT2D eigenvalue weighted by molar-refractivity contribution is -0.117. The van der Waals surface area contributed by atoms with Crippen molar-refractivity contribution in [2.45, 2.75) is 18.9 Å². The number of hydrogen-bond acceptors (Lipinski definition) is 4. The van der Waals surface area contributed by atoms with E-state index in [2.05, 4.69) is 4.98 Å². The average Bonchev–Trinajstić information content (AvgIpc) is 2.97. The fraction of sp³-hybridized carbons (Fsp3) is 0.294. The van der Waals surface area contributed by atoms with Crippen molar-refractivity contribution in [2.24, 2.45) is 0 Å². The van der Waals surface area contributed by atoms with Gasteiger partial charge in [-0.25, -0.2) is 18.2 Å². The van der Waals surface area contributed by atoms with Crippen LogP contribution in [0.2, 0.25) is 0 Å². The van der Waals surface area contributed by atoms with E-state index < -0.39 is 29.3 Å². The van der Waals surface area contributed by atoms with Crippen LogP contribution in [0.5, 0.6) is 5.75 Å². The van der Waals surface area contributed by atoms with Gasteiger partial charge in [0.2, 0.25) is 5.91 Å². The number of hydrogen-bond donors (Lipinski definition) is 0. The summed E-state index contributed by atoms with van der Waals surface area (Å²) in [6.07, 6.45) is -0.145. The number of rotatable bonds is 5. The number of amides is 1. The van der Waals surface area contributed by atoms with E-state index >= 15 is 0 Å². The summed E-state index contributed by atoms with van der Waals surface area (Å²) in [7, 11) is 1.30. The first kappa shape index (κ1) is 18.9. The fourth-order valence-corrected chi connectivity index (χ4v) is 3.29. The summed E-state index contributed by atoms with van der Waals surface area (Å²) in [6, 6.07) is 4.74. The Kier molecular flexibility index (Phi) is 5.66. The largest absolute Gasteiger partial charge is 0.497 e. The number of anilines is 1. The van der Waals surface area contributed by atoms with Gasteiger partial charge >= 0.3 is 0 Å². The van der Waals surface area contributed by atoms with Gasteiger partial charge in [0.1, 0.15) is 47.0 Å². The summed E-state index contributed by atoms with van der Waals surface area (Å²) in [5.41, 5.74) is 0.225. The number of carbonyl (C=O) groups excluding carboxylic acids is 1. The van der Waals surface area contributed by atoms with E-state index in [1.165, 1.54) is 19.2 Å². The molecule has 0 aliphatic carbocycles. The summed E-state index contributed by atoms with van der Waals surface area (Å²) in [5.74, 6) is -3.62. The Labute approximate surface area is 161 Å². The first-order valence-electron chi connectivity index (χ1n) is 7.66. The van der Waals surface area contributed by atoms with Crippen LogP contribution in [-0.4, -0.2) is 24.5 Å². The van der Waals surface area contributed by atoms with Crippen LogP contribution in [0.15, 0.2) is 24.3 Å². The number of benzene rings is 1. The summed E-state index contributed by atoms with van der Waals surface area (Å²) < 4.78 is 52.5. The molecule has 1 aromatic carbocycles. The quantitative estimate of drug-likeness (QED) is 0.613. The first-order valence-corrected chi connectivity index (χ1v) is 8.55. The normalized spacial score (nSPS) is 17.0. The monoisotopic (exact) mass is 478 g/mol. The molecule has 2 heterocycles. The minimum Gasteiger partial charge on any atom is -0.497 e. The predicted molar refractivity (Wildman–Crippen MR) is 95.6 cm³/mol. The van der Waals surface area contributed by atoms with Gasteiger partial charge < -0.3 is 7.80 Å². The highest BCUT2D eigenvalue weighted by molar-refractivity contribution is 14.1. The number of carbonyl (C=O) groups is 1. The molecule has 1 amide bonds. The maximum atomic E-state index is 14.3. The van der Waals surface area contributed by atoms with E-state index in [4.69, 9.17) is 7.80 Å². The van der Waals surface area contributed by atoms with E-state index in [-0.39, 0.29) is 36.7 Å². The number of nitrogens with zero attached hydrogens (tertiary/aromatic N) is 2. The fourth-order valence-electron chi connectivity index (χ4n) is 2.97. The maximum Gasteiger partial charge on any atom is 0.228 e. The minimum absolute atomic E-state index is 0.0455. The topological polar surface area (TPSA) is 51.7 Å². The molecular weight excluding hydrogens is 464 g/mol. The Morgan fingerprint density at radius 2 is 1.92 bits per heavy atom. The number of ether oxygens (including phenoxy) is 1. The number of halogens is 4. The molecule has 1 atom stereocenters. The van der Waals surface area contributed by atoms with Crippen molar-refractivity contribution < 1.29 is 25.8 Å². The van der Waals surface area contributed by atoms with Crippen molar-refractivity contribution in [1.29, 1.82) is 0 Å². The van der Waals surface area contributed by atoms with E-state index in [0.29, 0.717) is 5.69 Å². The van der Waals surface area contributed by atoms with Crippen LogP contribution in [0, 0.1) is 17.5 Å². The van der Waals surface area contributed by atoms with Crippen molar-refractivity contribution in [3.63, 3.8) is 0 Å². The van der Waals surface area contributed by atoms with Crippen molar-refractivity contribution in [2.75, 3.05) is 18.6 Å². The van der Waals surface area contributed by atoms with Crippen LogP contribution in [0.4, 0.5) is 19.0 Å². The second-order valence-corrected chi connectivity index (χ2v) is 6.39. The molecule has 9 heteroatoms. The van der Waals surface area contributed by atoms with Gasteiger partial charge in [0.25, 0.3) is 0 Å². The van der Waals surface area contributed by atoms with Gasteiger partial charge in [0.05, 0.1) is 12.8 Å². The lowest BCUT2D eigenvalue weighted by Crippen LogP contribution is -2.27. The highest BCUT2D eigenvalue weighted by atomic mass is 127. The summed E-state index contributed by atoms with van der Waals surface area (Å²) in [6.45, 7) is 0.0680. The average molecular weight is 478 g/mol. The molecule has 1 aliphatic heterocycles. The summed E-state index contributed by atoms with van der Waals surface area (Å²) in [4.78, 5) is 17.5. The zero-order valence-corrected chi connectivity index (χ0v) is 15.8. The minimum atomic E-state index is -0.804. The molecule has 2 aromatic rings. The maximum absolute atomic E-state index is 14.3. The smallest absolute Gasteiger partial charge is 0.228 e. The number of aromatic nitrogens is 1. The van der Waals surface area contributed by atoms with E-state index in [1.807, 2.05) is 0 Å². The van der Waals surface area contributed by atoms with Gasteiger partial charge in [-0.2, -0.15) is 0 Å². The van der Waals surface area contributed by atoms with Gasteiger partial charge in [-0.15, -0.1) is 0 Å². The standard InChI is InChI=1S/C17H14F3IN2O3/c1-25-11-5-13(19)16(14(20)6-11)9-4-15(24)23(7-9)17-12(18)3-2-10(22-17)8-26-21/h2-3,5-6,9H,4,7-8H2,1H3/t9-/m0/s1. The third kappa shape index (κ3) is 3.63. The Morgan fingerprint density at radius 3 is 2.54 bits per heavy atom. The number of methoxy groups -OCH3 is 1. The molecule has 5 nitrogen and oxygen atoms in total. The Hall–Kier alpha value is -1.88. The molecule has 3 rings (SSSR count). The SMILES string of the molecule is COc1cc(F)c([C@H]2CC(=O)N(c3nc(COI)ccc3F)C2)c(F)c1. The molecule has 1 saturated heterocycles. The lowest BCUT2D eigenvalue weighted by atomic mass is 9.97. The van der Waals surface area contributed by atoms with Crippen molar-refractivity contribution in [3.05, 3.63) is 53.0 Å². The third-order valence-corrected chi connectivity index (χ3v) is 4.48. The van der Waals surface area contributed by atoms with Crippen LogP contribution < -0.4 is 9.64 Å². The molecule has 138 valence electrons. The third-order valence-electron chi connectivity index (χ3n) is 4.16. The molecule has 0 N–H and O–H groups in total. The van der Waals surface area contributed by atoms with Gasteiger partial charge in [-0.05, 0) is 12.1 Å². The molecule has 0 radical (unpaired) electrons. The van der Waals surface area contributed by atoms with E-state index in [0.717, 1.165) is 17.0 Å². The molecular formula is C17H14F3IN2O3. The highest BCUT2D eigenvalue weighted by Crippen LogP contribution is 2.36. The summed E-state index contributed by atoms with van der Waals surface area (Å²) in [5, 5.41) is 0.